The second-order valence-electron chi connectivity index (χ2n) is 3.96. The molecular weight excluding hydrogens is 220 g/mol. The van der Waals surface area contributed by atoms with Crippen molar-refractivity contribution in [3.05, 3.63) is 24.5 Å². The fraction of sp³-hybridized carbons (Fsp3) is 0.455. The minimum Gasteiger partial charge on any atom is -0.376 e. The molecule has 0 bridgehead atoms. The van der Waals surface area contributed by atoms with E-state index >= 15 is 0 Å². The predicted octanol–water partition coefficient (Wildman–Crippen LogP) is 0.602. The Morgan fingerprint density at radius 1 is 1.71 bits per heavy atom. The molecule has 1 unspecified atom stereocenters. The highest BCUT2D eigenvalue weighted by Crippen LogP contribution is 2.17. The topological polar surface area (TPSA) is 71.7 Å². The van der Waals surface area contributed by atoms with Crippen molar-refractivity contribution in [1.82, 2.24) is 9.99 Å². The van der Waals surface area contributed by atoms with Crippen molar-refractivity contribution in [3.63, 3.8) is 0 Å². The number of anilines is 1. The molecule has 2 rings (SSSR count). The average Bonchev–Trinajstić information content (AvgIpc) is 2.30. The molecule has 17 heavy (non-hydrogen) atoms. The number of primary amides is 1. The van der Waals surface area contributed by atoms with Gasteiger partial charge in [0.1, 0.15) is 0 Å². The van der Waals surface area contributed by atoms with Crippen LogP contribution in [0.4, 0.5) is 10.5 Å². The molecule has 0 saturated carbocycles. The first-order chi connectivity index (χ1) is 8.18. The van der Waals surface area contributed by atoms with Gasteiger partial charge in [-0.1, -0.05) is 0 Å². The Morgan fingerprint density at radius 3 is 3.12 bits per heavy atom. The van der Waals surface area contributed by atoms with E-state index in [2.05, 4.69) is 4.98 Å². The van der Waals surface area contributed by atoms with Crippen LogP contribution in [0.1, 0.15) is 6.92 Å². The highest BCUT2D eigenvalue weighted by Gasteiger charge is 2.26. The molecule has 0 spiro atoms. The van der Waals surface area contributed by atoms with Gasteiger partial charge in [-0.3, -0.25) is 4.98 Å². The van der Waals surface area contributed by atoms with Gasteiger partial charge in [0.15, 0.2) is 0 Å². The first-order valence-corrected chi connectivity index (χ1v) is 5.54. The molecule has 1 aliphatic rings. The summed E-state index contributed by atoms with van der Waals surface area (Å²) in [6.07, 6.45) is 3.36. The Labute approximate surface area is 99.9 Å². The normalized spacial score (nSPS) is 21.1. The van der Waals surface area contributed by atoms with Crippen molar-refractivity contribution in [1.29, 1.82) is 0 Å². The van der Waals surface area contributed by atoms with Crippen LogP contribution < -0.4 is 10.7 Å². The number of pyridine rings is 1. The number of carbonyl (C=O) groups is 1. The van der Waals surface area contributed by atoms with Gasteiger partial charge in [-0.15, -0.1) is 0 Å². The third-order valence-corrected chi connectivity index (χ3v) is 2.60. The van der Waals surface area contributed by atoms with E-state index in [1.54, 1.807) is 24.5 Å². The zero-order chi connectivity index (χ0) is 12.3. The van der Waals surface area contributed by atoms with Gasteiger partial charge in [0.05, 0.1) is 24.6 Å². The van der Waals surface area contributed by atoms with Crippen LogP contribution in [0.15, 0.2) is 24.5 Å². The summed E-state index contributed by atoms with van der Waals surface area (Å²) in [5.41, 5.74) is 6.10. The lowest BCUT2D eigenvalue weighted by Gasteiger charge is -2.38. The van der Waals surface area contributed by atoms with E-state index in [0.717, 1.165) is 0 Å². The van der Waals surface area contributed by atoms with Gasteiger partial charge in [0, 0.05) is 19.3 Å². The number of nitrogens with zero attached hydrogens (tertiary/aromatic N) is 3. The van der Waals surface area contributed by atoms with Crippen molar-refractivity contribution < 1.29 is 9.53 Å². The maximum absolute atomic E-state index is 11.5. The van der Waals surface area contributed by atoms with Crippen LogP contribution in [0, 0.1) is 0 Å². The number of morpholine rings is 1. The molecule has 1 saturated heterocycles. The highest BCUT2D eigenvalue weighted by atomic mass is 16.5. The number of hydrazine groups is 1. The minimum absolute atomic E-state index is 0.0854. The Bertz CT molecular complexity index is 384. The fourth-order valence-electron chi connectivity index (χ4n) is 1.89. The van der Waals surface area contributed by atoms with E-state index in [0.29, 0.717) is 25.4 Å². The number of carbonyl (C=O) groups excluding carboxylic acids is 1. The van der Waals surface area contributed by atoms with Crippen molar-refractivity contribution in [3.8, 4) is 0 Å². The van der Waals surface area contributed by atoms with Crippen LogP contribution in [0.3, 0.4) is 0 Å². The first-order valence-electron chi connectivity index (χ1n) is 5.54. The van der Waals surface area contributed by atoms with Crippen LogP contribution in [0.2, 0.25) is 0 Å². The molecular formula is C11H16N4O2. The number of aromatic nitrogens is 1. The van der Waals surface area contributed by atoms with Crippen molar-refractivity contribution in [2.45, 2.75) is 13.0 Å². The largest absolute Gasteiger partial charge is 0.376 e. The van der Waals surface area contributed by atoms with E-state index < -0.39 is 6.03 Å². The molecule has 92 valence electrons. The second-order valence-corrected chi connectivity index (χ2v) is 3.96. The summed E-state index contributed by atoms with van der Waals surface area (Å²) >= 11 is 0. The number of hydrogen-bond donors (Lipinski definition) is 1. The Balaban J connectivity index is 2.20. The standard InChI is InChI=1S/C11H16N4O2/c1-9-8-14(5-6-17-9)15(11(12)16)10-3-2-4-13-7-10/h2-4,7,9H,5-6,8H2,1H3,(H2,12,16). The molecule has 0 aliphatic carbocycles. The third-order valence-electron chi connectivity index (χ3n) is 2.60. The Kier molecular flexibility index (Phi) is 3.55. The number of urea groups is 1. The summed E-state index contributed by atoms with van der Waals surface area (Å²) in [7, 11) is 0. The molecule has 6 heteroatoms. The minimum atomic E-state index is -0.507. The average molecular weight is 236 g/mol. The number of nitrogens with two attached hydrogens (primary N) is 1. The molecule has 1 atom stereocenters. The first kappa shape index (κ1) is 11.8. The monoisotopic (exact) mass is 236 g/mol. The van der Waals surface area contributed by atoms with E-state index in [-0.39, 0.29) is 6.10 Å². The lowest BCUT2D eigenvalue weighted by molar-refractivity contribution is -0.0188. The summed E-state index contributed by atoms with van der Waals surface area (Å²) in [5.74, 6) is 0. The van der Waals surface area contributed by atoms with Crippen molar-refractivity contribution in [2.75, 3.05) is 24.7 Å². The third kappa shape index (κ3) is 2.72. The summed E-state index contributed by atoms with van der Waals surface area (Å²) in [5, 5.41) is 3.33. The smallest absolute Gasteiger partial charge is 0.334 e. The fourth-order valence-corrected chi connectivity index (χ4v) is 1.89. The molecule has 6 nitrogen and oxygen atoms in total. The second kappa shape index (κ2) is 5.11. The van der Waals surface area contributed by atoms with Crippen LogP contribution in [-0.4, -0.2) is 41.8 Å². The zero-order valence-corrected chi connectivity index (χ0v) is 9.74. The van der Waals surface area contributed by atoms with Gasteiger partial charge >= 0.3 is 6.03 Å². The molecule has 2 amide bonds. The van der Waals surface area contributed by atoms with Crippen LogP contribution in [0.5, 0.6) is 0 Å². The van der Waals surface area contributed by atoms with Gasteiger partial charge in [-0.2, -0.15) is 0 Å². The quantitative estimate of drug-likeness (QED) is 0.816. The maximum atomic E-state index is 11.5. The molecule has 1 fully saturated rings. The van der Waals surface area contributed by atoms with Crippen molar-refractivity contribution >= 4 is 11.7 Å². The lowest BCUT2D eigenvalue weighted by Crippen LogP contribution is -2.55. The Morgan fingerprint density at radius 2 is 2.53 bits per heavy atom. The zero-order valence-electron chi connectivity index (χ0n) is 9.74. The Hall–Kier alpha value is -1.66. The van der Waals surface area contributed by atoms with E-state index in [1.807, 2.05) is 11.9 Å². The van der Waals surface area contributed by atoms with Crippen molar-refractivity contribution in [2.24, 2.45) is 5.73 Å². The molecule has 2 N–H and O–H groups in total. The van der Waals surface area contributed by atoms with Crippen LogP contribution >= 0.6 is 0 Å². The highest BCUT2D eigenvalue weighted by molar-refractivity contribution is 5.89. The van der Waals surface area contributed by atoms with E-state index in [9.17, 15) is 4.79 Å². The van der Waals surface area contributed by atoms with Gasteiger partial charge in [0.2, 0.25) is 0 Å². The maximum Gasteiger partial charge on any atom is 0.334 e. The molecule has 1 aromatic heterocycles. The summed E-state index contributed by atoms with van der Waals surface area (Å²) in [6.45, 7) is 3.83. The molecule has 0 radical (unpaired) electrons. The van der Waals surface area contributed by atoms with Gasteiger partial charge in [0.25, 0.3) is 0 Å². The van der Waals surface area contributed by atoms with Gasteiger partial charge < -0.3 is 10.5 Å². The molecule has 0 aromatic carbocycles. The SMILES string of the molecule is CC1CN(N(C(N)=O)c2cccnc2)CCO1. The molecule has 2 heterocycles. The summed E-state index contributed by atoms with van der Waals surface area (Å²) < 4.78 is 5.44. The summed E-state index contributed by atoms with van der Waals surface area (Å²) in [6, 6.07) is 3.07. The van der Waals surface area contributed by atoms with Crippen LogP contribution in [-0.2, 0) is 4.74 Å². The number of hydrogen-bond acceptors (Lipinski definition) is 4. The molecule has 1 aromatic rings. The number of amides is 2. The van der Waals surface area contributed by atoms with E-state index in [1.165, 1.54) is 5.01 Å². The van der Waals surface area contributed by atoms with Gasteiger partial charge in [-0.05, 0) is 19.1 Å². The van der Waals surface area contributed by atoms with E-state index in [4.69, 9.17) is 10.5 Å². The molecule has 1 aliphatic heterocycles. The van der Waals surface area contributed by atoms with Crippen LogP contribution in [0.25, 0.3) is 0 Å². The lowest BCUT2D eigenvalue weighted by atomic mass is 10.3. The van der Waals surface area contributed by atoms with Gasteiger partial charge in [-0.25, -0.2) is 14.8 Å². The predicted molar refractivity (Wildman–Crippen MR) is 63.3 cm³/mol. The summed E-state index contributed by atoms with van der Waals surface area (Å²) in [4.78, 5) is 15.5. The number of ether oxygens (including phenoxy) is 1. The number of rotatable bonds is 2.